The summed E-state index contributed by atoms with van der Waals surface area (Å²) >= 11 is 0. The molecule has 8 aromatic carbocycles. The van der Waals surface area contributed by atoms with Crippen molar-refractivity contribution < 1.29 is 4.39 Å². The molecule has 0 saturated carbocycles. The van der Waals surface area contributed by atoms with Gasteiger partial charge in [0, 0.05) is 17.1 Å². The lowest BCUT2D eigenvalue weighted by molar-refractivity contribution is 0.628. The van der Waals surface area contributed by atoms with Crippen LogP contribution < -0.4 is 4.90 Å². The zero-order chi connectivity index (χ0) is 31.1. The monoisotopic (exact) mass is 601 g/mol. The van der Waals surface area contributed by atoms with Gasteiger partial charge in [0.05, 0.1) is 5.41 Å². The molecule has 0 amide bonds. The lowest BCUT2D eigenvalue weighted by Crippen LogP contribution is -2.25. The molecule has 0 radical (unpaired) electrons. The van der Waals surface area contributed by atoms with Crippen LogP contribution in [0.25, 0.3) is 43.8 Å². The quantitative estimate of drug-likeness (QED) is 0.195. The Morgan fingerprint density at radius 2 is 0.872 bits per heavy atom. The summed E-state index contributed by atoms with van der Waals surface area (Å²) in [5.74, 6) is -0.257. The van der Waals surface area contributed by atoms with Crippen LogP contribution in [0, 0.1) is 5.82 Å². The molecule has 0 aromatic heterocycles. The van der Waals surface area contributed by atoms with Crippen molar-refractivity contribution in [3.8, 4) is 22.3 Å². The number of hydrogen-bond acceptors (Lipinski definition) is 1. The van der Waals surface area contributed by atoms with Crippen LogP contribution in [-0.2, 0) is 5.41 Å². The van der Waals surface area contributed by atoms with Crippen LogP contribution in [0.5, 0.6) is 0 Å². The molecular weight excluding hydrogens is 574 g/mol. The number of fused-ring (bicyclic) bond motifs is 12. The predicted octanol–water partition coefficient (Wildman–Crippen LogP) is 11.9. The van der Waals surface area contributed by atoms with Gasteiger partial charge < -0.3 is 4.90 Å². The fraction of sp³-hybridized carbons (Fsp3) is 0.0222. The number of halogens is 1. The van der Waals surface area contributed by atoms with Gasteiger partial charge in [-0.3, -0.25) is 0 Å². The molecule has 220 valence electrons. The lowest BCUT2D eigenvalue weighted by atomic mass is 9.70. The van der Waals surface area contributed by atoms with E-state index in [0.717, 1.165) is 22.4 Å². The fourth-order valence-electron chi connectivity index (χ4n) is 8.33. The largest absolute Gasteiger partial charge is 0.310 e. The molecule has 0 N–H and O–H groups in total. The normalized spacial score (nSPS) is 13.4. The van der Waals surface area contributed by atoms with Gasteiger partial charge in [-0.1, -0.05) is 103 Å². The fourth-order valence-corrected chi connectivity index (χ4v) is 8.33. The number of anilines is 3. The summed E-state index contributed by atoms with van der Waals surface area (Å²) in [6.45, 7) is 0. The molecular formula is C45H28FN. The molecule has 47 heavy (non-hydrogen) atoms. The molecule has 0 heterocycles. The third-order valence-electron chi connectivity index (χ3n) is 10.2. The van der Waals surface area contributed by atoms with Crippen molar-refractivity contribution in [3.63, 3.8) is 0 Å². The van der Waals surface area contributed by atoms with Crippen molar-refractivity contribution in [3.05, 3.63) is 198 Å². The third-order valence-corrected chi connectivity index (χ3v) is 10.2. The first-order valence-electron chi connectivity index (χ1n) is 16.1. The molecule has 2 aliphatic carbocycles. The van der Waals surface area contributed by atoms with Gasteiger partial charge in [0.15, 0.2) is 0 Å². The summed E-state index contributed by atoms with van der Waals surface area (Å²) in [6, 6.07) is 59.9. The maximum atomic E-state index is 14.6. The van der Waals surface area contributed by atoms with Gasteiger partial charge in [0.1, 0.15) is 5.82 Å². The zero-order valence-electron chi connectivity index (χ0n) is 25.5. The predicted molar refractivity (Wildman–Crippen MR) is 192 cm³/mol. The number of nitrogens with zero attached hydrogens (tertiary/aromatic N) is 1. The molecule has 2 heteroatoms. The molecule has 2 aliphatic rings. The minimum absolute atomic E-state index is 0.257. The van der Waals surface area contributed by atoms with Crippen molar-refractivity contribution in [1.29, 1.82) is 0 Å². The van der Waals surface area contributed by atoms with Crippen molar-refractivity contribution >= 4 is 38.6 Å². The van der Waals surface area contributed by atoms with Gasteiger partial charge in [0.25, 0.3) is 0 Å². The first-order valence-corrected chi connectivity index (χ1v) is 16.1. The summed E-state index contributed by atoms with van der Waals surface area (Å²) in [5, 5.41) is 4.83. The molecule has 10 rings (SSSR count). The van der Waals surface area contributed by atoms with Crippen LogP contribution in [0.15, 0.2) is 170 Å². The van der Waals surface area contributed by atoms with E-state index in [1.54, 1.807) is 12.1 Å². The van der Waals surface area contributed by atoms with Crippen LogP contribution in [0.3, 0.4) is 0 Å². The highest BCUT2D eigenvalue weighted by Crippen LogP contribution is 2.63. The summed E-state index contributed by atoms with van der Waals surface area (Å²) in [4.78, 5) is 2.13. The van der Waals surface area contributed by atoms with E-state index in [1.807, 2.05) is 24.3 Å². The average molecular weight is 602 g/mol. The second-order valence-electron chi connectivity index (χ2n) is 12.7. The molecule has 0 saturated heterocycles. The highest BCUT2D eigenvalue weighted by Gasteiger charge is 2.51. The van der Waals surface area contributed by atoms with Gasteiger partial charge in [0.2, 0.25) is 0 Å². The summed E-state index contributed by atoms with van der Waals surface area (Å²) < 4.78 is 14.6. The van der Waals surface area contributed by atoms with E-state index in [0.29, 0.717) is 0 Å². The Kier molecular flexibility index (Phi) is 5.45. The molecule has 0 fully saturated rings. The van der Waals surface area contributed by atoms with Crippen LogP contribution in [-0.4, -0.2) is 0 Å². The van der Waals surface area contributed by atoms with Gasteiger partial charge in [-0.25, -0.2) is 4.39 Å². The smallest absolute Gasteiger partial charge is 0.125 e. The van der Waals surface area contributed by atoms with E-state index in [2.05, 4.69) is 132 Å². The highest BCUT2D eigenvalue weighted by atomic mass is 19.1. The Balaban J connectivity index is 1.28. The maximum absolute atomic E-state index is 14.6. The minimum atomic E-state index is -0.437. The Morgan fingerprint density at radius 1 is 0.340 bits per heavy atom. The van der Waals surface area contributed by atoms with Gasteiger partial charge in [-0.2, -0.15) is 0 Å². The van der Waals surface area contributed by atoms with Gasteiger partial charge in [-0.05, 0) is 133 Å². The zero-order valence-corrected chi connectivity index (χ0v) is 25.5. The van der Waals surface area contributed by atoms with Crippen LogP contribution in [0.2, 0.25) is 0 Å². The van der Waals surface area contributed by atoms with E-state index >= 15 is 0 Å². The molecule has 0 aliphatic heterocycles. The second kappa shape index (κ2) is 9.75. The molecule has 0 unspecified atom stereocenters. The van der Waals surface area contributed by atoms with Crippen LogP contribution in [0.1, 0.15) is 22.3 Å². The Labute approximate surface area is 272 Å². The number of para-hydroxylation sites is 1. The first-order chi connectivity index (χ1) is 23.2. The number of hydrogen-bond donors (Lipinski definition) is 0. The van der Waals surface area contributed by atoms with E-state index in [4.69, 9.17) is 0 Å². The Morgan fingerprint density at radius 3 is 1.55 bits per heavy atom. The van der Waals surface area contributed by atoms with Crippen molar-refractivity contribution in [2.75, 3.05) is 4.90 Å². The average Bonchev–Trinajstić information content (AvgIpc) is 3.56. The van der Waals surface area contributed by atoms with Gasteiger partial charge in [-0.15, -0.1) is 0 Å². The van der Waals surface area contributed by atoms with E-state index in [-0.39, 0.29) is 5.82 Å². The lowest BCUT2D eigenvalue weighted by Gasteiger charge is -2.31. The Bertz CT molecular complexity index is 2500. The highest BCUT2D eigenvalue weighted by molar-refractivity contribution is 6.04. The molecule has 1 spiro atoms. The minimum Gasteiger partial charge on any atom is -0.310 e. The molecule has 8 aromatic rings. The topological polar surface area (TPSA) is 3.24 Å². The summed E-state index contributed by atoms with van der Waals surface area (Å²) in [6.07, 6.45) is 0. The van der Waals surface area contributed by atoms with Crippen molar-refractivity contribution in [1.82, 2.24) is 0 Å². The standard InChI is InChI=1S/C45H28FN/c46-33-13-10-16-35(28-33)47(34-14-2-1-3-15-34)36-22-21-31-25-40-39-24-29-11-4-5-12-30(29)26-43(39)45(44(40)27-32(31)23-36)41-19-8-6-17-37(41)38-18-7-9-20-42(38)45/h1-28H. The molecule has 0 atom stereocenters. The molecule has 0 bridgehead atoms. The SMILES string of the molecule is Fc1cccc(N(c2ccccc2)c2ccc3cc4c(cc3c2)C2(c3ccccc3-c3ccccc32)c2cc3ccccc3cc2-4)c1. The number of rotatable bonds is 3. The number of benzene rings is 8. The second-order valence-corrected chi connectivity index (χ2v) is 12.7. The first kappa shape index (κ1) is 26.2. The van der Waals surface area contributed by atoms with Crippen LogP contribution in [0.4, 0.5) is 21.5 Å². The molecule has 1 nitrogen and oxygen atoms in total. The van der Waals surface area contributed by atoms with Crippen molar-refractivity contribution in [2.24, 2.45) is 0 Å². The van der Waals surface area contributed by atoms with Crippen molar-refractivity contribution in [2.45, 2.75) is 5.41 Å². The summed E-state index contributed by atoms with van der Waals surface area (Å²) in [7, 11) is 0. The van der Waals surface area contributed by atoms with Crippen LogP contribution >= 0.6 is 0 Å². The third kappa shape index (κ3) is 3.64. The van der Waals surface area contributed by atoms with E-state index < -0.39 is 5.41 Å². The maximum Gasteiger partial charge on any atom is 0.125 e. The summed E-state index contributed by atoms with van der Waals surface area (Å²) in [5.41, 5.74) is 12.8. The van der Waals surface area contributed by atoms with E-state index in [9.17, 15) is 4.39 Å². The van der Waals surface area contributed by atoms with Gasteiger partial charge >= 0.3 is 0 Å². The van der Waals surface area contributed by atoms with E-state index in [1.165, 1.54) is 66.7 Å². The Hall–Kier alpha value is -5.99.